The quantitative estimate of drug-likeness (QED) is 0.303. The molecule has 1 aliphatic carbocycles. The lowest BCUT2D eigenvalue weighted by atomic mass is 9.93. The van der Waals surface area contributed by atoms with Gasteiger partial charge in [0.1, 0.15) is 18.1 Å². The highest BCUT2D eigenvalue weighted by molar-refractivity contribution is 8.00. The molecule has 6 nitrogen and oxygen atoms in total. The average molecular weight is 467 g/mol. The number of aliphatic hydroxyl groups excluding tert-OH is 1. The predicted octanol–water partition coefficient (Wildman–Crippen LogP) is 5.84. The van der Waals surface area contributed by atoms with Gasteiger partial charge in [0, 0.05) is 29.2 Å². The van der Waals surface area contributed by atoms with Crippen molar-refractivity contribution in [3.8, 4) is 5.75 Å². The second-order valence-corrected chi connectivity index (χ2v) is 9.87. The van der Waals surface area contributed by atoms with Crippen LogP contribution < -0.4 is 14.4 Å². The molecule has 1 aliphatic heterocycles. The third-order valence-electron chi connectivity index (χ3n) is 6.68. The van der Waals surface area contributed by atoms with E-state index in [1.807, 2.05) is 19.1 Å². The Kier molecular flexibility index (Phi) is 7.60. The van der Waals surface area contributed by atoms with Gasteiger partial charge in [-0.1, -0.05) is 19.1 Å². The van der Waals surface area contributed by atoms with Crippen LogP contribution in [0.4, 0.5) is 5.69 Å². The first kappa shape index (κ1) is 23.6. The first-order valence-electron chi connectivity index (χ1n) is 11.8. The van der Waals surface area contributed by atoms with Crippen LogP contribution in [-0.2, 0) is 19.4 Å². The minimum Gasteiger partial charge on any atom is -0.487 e. The number of allylic oxidation sites excluding steroid dienone is 1. The number of hydrogen-bond acceptors (Lipinski definition) is 7. The summed E-state index contributed by atoms with van der Waals surface area (Å²) in [5.41, 5.74) is 13.6. The first-order chi connectivity index (χ1) is 16.1. The van der Waals surface area contributed by atoms with Gasteiger partial charge in [-0.05, 0) is 92.3 Å². The maximum atomic E-state index is 10.0. The summed E-state index contributed by atoms with van der Waals surface area (Å²) in [6.07, 6.45) is 6.05. The Balaban J connectivity index is 1.56. The number of nitrogens with zero attached hydrogens (tertiary/aromatic N) is 2. The summed E-state index contributed by atoms with van der Waals surface area (Å²) in [5.74, 6) is 1.41. The summed E-state index contributed by atoms with van der Waals surface area (Å²) in [4.78, 5) is 1.09. The van der Waals surface area contributed by atoms with E-state index in [0.717, 1.165) is 34.9 Å². The van der Waals surface area contributed by atoms with E-state index in [1.54, 1.807) is 19.0 Å². The van der Waals surface area contributed by atoms with Gasteiger partial charge in [0.2, 0.25) is 0 Å². The van der Waals surface area contributed by atoms with Crippen molar-refractivity contribution < 1.29 is 9.84 Å². The summed E-state index contributed by atoms with van der Waals surface area (Å²) in [6, 6.07) is 13.5. The molecule has 1 fully saturated rings. The van der Waals surface area contributed by atoms with Crippen molar-refractivity contribution in [2.45, 2.75) is 63.5 Å². The largest absolute Gasteiger partial charge is 0.487 e. The van der Waals surface area contributed by atoms with Gasteiger partial charge in [0.15, 0.2) is 0 Å². The second kappa shape index (κ2) is 10.6. The fourth-order valence-corrected chi connectivity index (χ4v) is 5.64. The minimum absolute atomic E-state index is 0.103. The van der Waals surface area contributed by atoms with Gasteiger partial charge in [-0.3, -0.25) is 0 Å². The number of rotatable bonds is 10. The van der Waals surface area contributed by atoms with Gasteiger partial charge in [0.25, 0.3) is 0 Å². The number of hydrogen-bond donors (Lipinski definition) is 3. The molecule has 1 saturated carbocycles. The summed E-state index contributed by atoms with van der Waals surface area (Å²) in [7, 11) is 1.79. The standard InChI is InChI=1S/C26H34N4O2S/c1-4-18-5-10-25-20(13-18)8-11-24(19-6-7-19)30(25)33-22-9-12-26(21(14-22)15-31)32-16-23(29-27)17(2)28-3/h5,9-10,12-14,19,24,27-28,31H,4,6-8,11,15-16H2,1-3H3/b23-17-,29-27?. The maximum absolute atomic E-state index is 10.0. The van der Waals surface area contributed by atoms with Crippen molar-refractivity contribution in [2.75, 3.05) is 18.0 Å². The molecule has 0 amide bonds. The van der Waals surface area contributed by atoms with Crippen LogP contribution in [-0.4, -0.2) is 24.8 Å². The highest BCUT2D eigenvalue weighted by Crippen LogP contribution is 2.47. The van der Waals surface area contributed by atoms with Crippen molar-refractivity contribution in [1.29, 1.82) is 5.53 Å². The van der Waals surface area contributed by atoms with E-state index in [0.29, 0.717) is 17.5 Å². The predicted molar refractivity (Wildman–Crippen MR) is 134 cm³/mol. The van der Waals surface area contributed by atoms with Gasteiger partial charge < -0.3 is 19.5 Å². The summed E-state index contributed by atoms with van der Waals surface area (Å²) < 4.78 is 8.42. The van der Waals surface area contributed by atoms with E-state index in [2.05, 4.69) is 45.9 Å². The van der Waals surface area contributed by atoms with Crippen LogP contribution in [0.2, 0.25) is 0 Å². The Morgan fingerprint density at radius 1 is 1.24 bits per heavy atom. The van der Waals surface area contributed by atoms with Crippen LogP contribution in [0.3, 0.4) is 0 Å². The van der Waals surface area contributed by atoms with Crippen molar-refractivity contribution in [3.05, 3.63) is 64.5 Å². The number of anilines is 1. The molecule has 176 valence electrons. The molecule has 1 atom stereocenters. The van der Waals surface area contributed by atoms with E-state index in [-0.39, 0.29) is 13.2 Å². The van der Waals surface area contributed by atoms with Crippen molar-refractivity contribution in [1.82, 2.24) is 5.32 Å². The van der Waals surface area contributed by atoms with Crippen LogP contribution in [0.5, 0.6) is 5.75 Å². The highest BCUT2D eigenvalue weighted by atomic mass is 32.2. The third-order valence-corrected chi connectivity index (χ3v) is 7.81. The molecule has 0 aromatic heterocycles. The lowest BCUT2D eigenvalue weighted by Gasteiger charge is -2.38. The molecule has 7 heteroatoms. The zero-order valence-corrected chi connectivity index (χ0v) is 20.5. The molecule has 3 N–H and O–H groups in total. The molecule has 0 bridgehead atoms. The zero-order chi connectivity index (χ0) is 23.4. The lowest BCUT2D eigenvalue weighted by molar-refractivity contribution is 0.268. The number of aliphatic hydroxyl groups is 1. The van der Waals surface area contributed by atoms with Crippen LogP contribution in [0.1, 0.15) is 49.8 Å². The van der Waals surface area contributed by atoms with Crippen LogP contribution in [0.15, 0.2) is 57.8 Å². The molecule has 2 aliphatic rings. The van der Waals surface area contributed by atoms with Gasteiger partial charge in [-0.2, -0.15) is 5.11 Å². The smallest absolute Gasteiger partial charge is 0.134 e. The SMILES string of the molecule is CCc1ccc2c(c1)CCC(C1CC1)N2Sc1ccc(OC/C(N=N)=C(\C)NC)c(CO)c1. The normalized spacial score (nSPS) is 18.4. The van der Waals surface area contributed by atoms with Gasteiger partial charge in [-0.25, -0.2) is 5.53 Å². The number of aryl methyl sites for hydroxylation is 2. The fourth-order valence-electron chi connectivity index (χ4n) is 4.40. The Hall–Kier alpha value is -2.51. The molecule has 1 unspecified atom stereocenters. The molecule has 2 aromatic rings. The topological polar surface area (TPSA) is 80.9 Å². The van der Waals surface area contributed by atoms with E-state index < -0.39 is 0 Å². The van der Waals surface area contributed by atoms with Crippen molar-refractivity contribution in [2.24, 2.45) is 11.0 Å². The number of ether oxygens (including phenoxy) is 1. The summed E-state index contributed by atoms with van der Waals surface area (Å²) in [5, 5.41) is 16.6. The zero-order valence-electron chi connectivity index (χ0n) is 19.7. The molecule has 0 spiro atoms. The number of benzene rings is 2. The van der Waals surface area contributed by atoms with Crippen molar-refractivity contribution in [3.63, 3.8) is 0 Å². The molecular formula is C26H34N4O2S. The fraction of sp³-hybridized carbons (Fsp3) is 0.462. The van der Waals surface area contributed by atoms with Crippen LogP contribution in [0, 0.1) is 11.4 Å². The maximum Gasteiger partial charge on any atom is 0.134 e. The van der Waals surface area contributed by atoms with Gasteiger partial charge in [0.05, 0.1) is 12.3 Å². The summed E-state index contributed by atoms with van der Waals surface area (Å²) >= 11 is 1.77. The van der Waals surface area contributed by atoms with Crippen molar-refractivity contribution >= 4 is 17.6 Å². The number of nitrogens with one attached hydrogen (secondary N) is 2. The lowest BCUT2D eigenvalue weighted by Crippen LogP contribution is -2.35. The Morgan fingerprint density at radius 2 is 2.06 bits per heavy atom. The van der Waals surface area contributed by atoms with Gasteiger partial charge >= 0.3 is 0 Å². The Labute approximate surface area is 201 Å². The first-order valence-corrected chi connectivity index (χ1v) is 12.6. The highest BCUT2D eigenvalue weighted by Gasteiger charge is 2.38. The minimum atomic E-state index is -0.103. The average Bonchev–Trinajstić information content (AvgIpc) is 3.69. The Morgan fingerprint density at radius 3 is 2.73 bits per heavy atom. The summed E-state index contributed by atoms with van der Waals surface area (Å²) in [6.45, 7) is 4.15. The third kappa shape index (κ3) is 5.36. The second-order valence-electron chi connectivity index (χ2n) is 8.83. The molecule has 33 heavy (non-hydrogen) atoms. The molecular weight excluding hydrogens is 432 g/mol. The molecule has 0 radical (unpaired) electrons. The monoisotopic (exact) mass is 466 g/mol. The van der Waals surface area contributed by atoms with E-state index >= 15 is 0 Å². The molecule has 4 rings (SSSR count). The van der Waals surface area contributed by atoms with Gasteiger partial charge in [-0.15, -0.1) is 0 Å². The van der Waals surface area contributed by atoms with Crippen LogP contribution in [0.25, 0.3) is 0 Å². The molecule has 0 saturated heterocycles. The molecule has 1 heterocycles. The van der Waals surface area contributed by atoms with E-state index in [9.17, 15) is 5.11 Å². The molecule has 2 aromatic carbocycles. The van der Waals surface area contributed by atoms with E-state index in [4.69, 9.17) is 10.3 Å². The van der Waals surface area contributed by atoms with Crippen LogP contribution >= 0.6 is 11.9 Å². The number of fused-ring (bicyclic) bond motifs is 1. The van der Waals surface area contributed by atoms with E-state index in [1.165, 1.54) is 36.1 Å². The Bertz CT molecular complexity index is 1030.